The Bertz CT molecular complexity index is 775. The Morgan fingerprint density at radius 2 is 1.69 bits per heavy atom. The zero-order chi connectivity index (χ0) is 18.5. The lowest BCUT2D eigenvalue weighted by Gasteiger charge is -2.07. The number of ether oxygens (including phenoxy) is 1. The van der Waals surface area contributed by atoms with E-state index in [1.54, 1.807) is 36.4 Å². The molecular formula is C20H21FN2O3. The van der Waals surface area contributed by atoms with E-state index in [-0.39, 0.29) is 29.5 Å². The highest BCUT2D eigenvalue weighted by Gasteiger charge is 2.47. The van der Waals surface area contributed by atoms with Gasteiger partial charge in [-0.2, -0.15) is 0 Å². The topological polar surface area (TPSA) is 67.4 Å². The number of anilines is 1. The van der Waals surface area contributed by atoms with Crippen molar-refractivity contribution in [2.24, 2.45) is 11.8 Å². The lowest BCUT2D eigenvalue weighted by molar-refractivity contribution is -0.125. The van der Waals surface area contributed by atoms with Crippen LogP contribution in [0.1, 0.15) is 18.9 Å². The minimum atomic E-state index is -0.312. The van der Waals surface area contributed by atoms with Crippen molar-refractivity contribution < 1.29 is 18.7 Å². The first-order valence-corrected chi connectivity index (χ1v) is 8.62. The lowest BCUT2D eigenvalue weighted by atomic mass is 10.2. The van der Waals surface area contributed by atoms with Gasteiger partial charge in [-0.05, 0) is 55.3 Å². The molecule has 0 aromatic heterocycles. The van der Waals surface area contributed by atoms with Gasteiger partial charge in [0.2, 0.25) is 11.8 Å². The van der Waals surface area contributed by atoms with Crippen LogP contribution in [0.25, 0.3) is 0 Å². The van der Waals surface area contributed by atoms with Crippen LogP contribution in [-0.2, 0) is 16.1 Å². The summed E-state index contributed by atoms with van der Waals surface area (Å²) in [5, 5.41) is 5.61. The van der Waals surface area contributed by atoms with Crippen molar-refractivity contribution >= 4 is 17.5 Å². The number of benzene rings is 2. The van der Waals surface area contributed by atoms with Gasteiger partial charge in [0, 0.05) is 12.2 Å². The minimum Gasteiger partial charge on any atom is -0.494 e. The zero-order valence-electron chi connectivity index (χ0n) is 14.5. The fraction of sp³-hybridized carbons (Fsp3) is 0.300. The van der Waals surface area contributed by atoms with Crippen LogP contribution in [0.5, 0.6) is 5.75 Å². The quantitative estimate of drug-likeness (QED) is 0.801. The Balaban J connectivity index is 1.45. The molecule has 0 saturated heterocycles. The summed E-state index contributed by atoms with van der Waals surface area (Å²) in [6, 6.07) is 13.1. The Kier molecular flexibility index (Phi) is 5.51. The third-order valence-corrected chi connectivity index (χ3v) is 4.28. The molecule has 0 radical (unpaired) electrons. The van der Waals surface area contributed by atoms with E-state index in [0.29, 0.717) is 25.3 Å². The van der Waals surface area contributed by atoms with Gasteiger partial charge in [0.1, 0.15) is 11.6 Å². The van der Waals surface area contributed by atoms with Crippen molar-refractivity contribution in [3.05, 3.63) is 59.9 Å². The molecule has 1 saturated carbocycles. The fourth-order valence-electron chi connectivity index (χ4n) is 2.73. The minimum absolute atomic E-state index is 0.152. The normalized spacial score (nSPS) is 18.1. The average molecular weight is 356 g/mol. The van der Waals surface area contributed by atoms with Crippen LogP contribution in [0, 0.1) is 17.7 Å². The smallest absolute Gasteiger partial charge is 0.228 e. The molecule has 2 unspecified atom stereocenters. The van der Waals surface area contributed by atoms with E-state index in [1.165, 1.54) is 12.1 Å². The van der Waals surface area contributed by atoms with Crippen LogP contribution in [-0.4, -0.2) is 18.4 Å². The molecule has 1 aliphatic carbocycles. The third-order valence-electron chi connectivity index (χ3n) is 4.28. The van der Waals surface area contributed by atoms with Crippen molar-refractivity contribution in [3.63, 3.8) is 0 Å². The predicted octanol–water partition coefficient (Wildman–Crippen LogP) is 3.12. The zero-order valence-corrected chi connectivity index (χ0v) is 14.5. The first-order chi connectivity index (χ1) is 12.6. The second-order valence-electron chi connectivity index (χ2n) is 6.24. The molecule has 2 aromatic carbocycles. The van der Waals surface area contributed by atoms with Gasteiger partial charge in [0.05, 0.1) is 18.4 Å². The van der Waals surface area contributed by atoms with Crippen molar-refractivity contribution in [1.82, 2.24) is 5.32 Å². The highest BCUT2D eigenvalue weighted by molar-refractivity contribution is 5.99. The third kappa shape index (κ3) is 4.59. The molecular weight excluding hydrogens is 335 g/mol. The van der Waals surface area contributed by atoms with Crippen LogP contribution < -0.4 is 15.4 Å². The van der Waals surface area contributed by atoms with Gasteiger partial charge in [0.25, 0.3) is 0 Å². The van der Waals surface area contributed by atoms with E-state index in [0.717, 1.165) is 11.3 Å². The van der Waals surface area contributed by atoms with Crippen LogP contribution in [0.4, 0.5) is 10.1 Å². The van der Waals surface area contributed by atoms with Gasteiger partial charge < -0.3 is 15.4 Å². The fourth-order valence-corrected chi connectivity index (χ4v) is 2.73. The molecule has 5 nitrogen and oxygen atoms in total. The van der Waals surface area contributed by atoms with Crippen molar-refractivity contribution in [2.45, 2.75) is 19.9 Å². The van der Waals surface area contributed by atoms with Crippen LogP contribution in [0.3, 0.4) is 0 Å². The summed E-state index contributed by atoms with van der Waals surface area (Å²) in [5.41, 5.74) is 1.49. The standard InChI is InChI=1S/C20H21FN2O3/c1-2-26-16-9-7-15(8-10-16)23-20(25)18-11-17(18)19(24)22-12-13-3-5-14(21)6-4-13/h3-10,17-18H,2,11-12H2,1H3,(H,22,24)(H,23,25). The van der Waals surface area contributed by atoms with Crippen molar-refractivity contribution in [2.75, 3.05) is 11.9 Å². The molecule has 6 heteroatoms. The van der Waals surface area contributed by atoms with E-state index in [9.17, 15) is 14.0 Å². The summed E-state index contributed by atoms with van der Waals surface area (Å²) in [4.78, 5) is 24.4. The molecule has 2 N–H and O–H groups in total. The van der Waals surface area contributed by atoms with Gasteiger partial charge >= 0.3 is 0 Å². The predicted molar refractivity (Wildman–Crippen MR) is 96.1 cm³/mol. The summed E-state index contributed by atoms with van der Waals surface area (Å²) in [6.45, 7) is 2.81. The molecule has 1 fully saturated rings. The van der Waals surface area contributed by atoms with Crippen LogP contribution in [0.2, 0.25) is 0 Å². The largest absolute Gasteiger partial charge is 0.494 e. The number of nitrogens with one attached hydrogen (secondary N) is 2. The van der Waals surface area contributed by atoms with Crippen molar-refractivity contribution in [1.29, 1.82) is 0 Å². The number of amides is 2. The second kappa shape index (κ2) is 7.99. The molecule has 0 bridgehead atoms. The molecule has 2 atom stereocenters. The molecule has 2 amide bonds. The van der Waals surface area contributed by atoms with E-state index >= 15 is 0 Å². The molecule has 3 rings (SSSR count). The maximum atomic E-state index is 12.9. The lowest BCUT2D eigenvalue weighted by Crippen LogP contribution is -2.27. The maximum Gasteiger partial charge on any atom is 0.228 e. The summed E-state index contributed by atoms with van der Waals surface area (Å²) in [7, 11) is 0. The van der Waals surface area contributed by atoms with E-state index in [1.807, 2.05) is 6.92 Å². The second-order valence-corrected chi connectivity index (χ2v) is 6.24. The van der Waals surface area contributed by atoms with E-state index in [4.69, 9.17) is 4.74 Å². The summed E-state index contributed by atoms with van der Waals surface area (Å²) in [5.74, 6) is -0.492. The van der Waals surface area contributed by atoms with E-state index < -0.39 is 0 Å². The van der Waals surface area contributed by atoms with Gasteiger partial charge in [0.15, 0.2) is 0 Å². The summed E-state index contributed by atoms with van der Waals surface area (Å²) < 4.78 is 18.2. The molecule has 1 aliphatic rings. The van der Waals surface area contributed by atoms with Gasteiger partial charge in [-0.1, -0.05) is 12.1 Å². The molecule has 0 heterocycles. The Labute approximate surface area is 151 Å². The summed E-state index contributed by atoms with van der Waals surface area (Å²) >= 11 is 0. The SMILES string of the molecule is CCOc1ccc(NC(=O)C2CC2C(=O)NCc2ccc(F)cc2)cc1. The molecule has 2 aromatic rings. The Morgan fingerprint density at radius 1 is 1.04 bits per heavy atom. The van der Waals surface area contributed by atoms with Gasteiger partial charge in [-0.15, -0.1) is 0 Å². The highest BCUT2D eigenvalue weighted by Crippen LogP contribution is 2.39. The molecule has 0 spiro atoms. The number of rotatable bonds is 7. The highest BCUT2D eigenvalue weighted by atomic mass is 19.1. The average Bonchev–Trinajstić information content (AvgIpc) is 3.44. The van der Waals surface area contributed by atoms with Crippen LogP contribution in [0.15, 0.2) is 48.5 Å². The Morgan fingerprint density at radius 3 is 2.35 bits per heavy atom. The molecule has 0 aliphatic heterocycles. The number of hydrogen-bond acceptors (Lipinski definition) is 3. The maximum absolute atomic E-state index is 12.9. The number of carbonyl (C=O) groups excluding carboxylic acids is 2. The van der Waals surface area contributed by atoms with E-state index in [2.05, 4.69) is 10.6 Å². The number of hydrogen-bond donors (Lipinski definition) is 2. The van der Waals surface area contributed by atoms with Gasteiger partial charge in [-0.3, -0.25) is 9.59 Å². The Hall–Kier alpha value is -2.89. The number of carbonyl (C=O) groups is 2. The first-order valence-electron chi connectivity index (χ1n) is 8.62. The van der Waals surface area contributed by atoms with Crippen LogP contribution >= 0.6 is 0 Å². The van der Waals surface area contributed by atoms with Gasteiger partial charge in [-0.25, -0.2) is 4.39 Å². The van der Waals surface area contributed by atoms with Crippen molar-refractivity contribution in [3.8, 4) is 5.75 Å². The number of halogens is 1. The monoisotopic (exact) mass is 356 g/mol. The first kappa shape index (κ1) is 17.9. The molecule has 136 valence electrons. The molecule has 26 heavy (non-hydrogen) atoms. The summed E-state index contributed by atoms with van der Waals surface area (Å²) in [6.07, 6.45) is 0.540.